The molecular formula is C9H13N3O6. The molecule has 1 saturated heterocycles. The molecule has 4 atom stereocenters. The van der Waals surface area contributed by atoms with Gasteiger partial charge >= 0.3 is 5.69 Å². The number of aromatic nitrogens is 2. The zero-order chi connectivity index (χ0) is 13.3. The van der Waals surface area contributed by atoms with E-state index in [1.807, 2.05) is 4.98 Å². The lowest BCUT2D eigenvalue weighted by Gasteiger charge is -2.19. The predicted octanol–water partition coefficient (Wildman–Crippen LogP) is -2.95. The molecule has 1 aromatic heterocycles. The molecule has 2 heterocycles. The molecule has 0 saturated carbocycles. The van der Waals surface area contributed by atoms with Crippen LogP contribution < -0.4 is 17.1 Å². The number of nitrogens with zero attached hydrogens (tertiary/aromatic N) is 1. The number of H-pyrrole nitrogens is 1. The van der Waals surface area contributed by atoms with Gasteiger partial charge in [-0.25, -0.2) is 10.7 Å². The molecule has 1 aliphatic heterocycles. The molecule has 9 nitrogen and oxygen atoms in total. The Kier molecular flexibility index (Phi) is 3.59. The number of nitrogens with two attached hydrogens (primary N) is 1. The zero-order valence-corrected chi connectivity index (χ0v) is 9.22. The van der Waals surface area contributed by atoms with Gasteiger partial charge in [0.2, 0.25) is 0 Å². The van der Waals surface area contributed by atoms with Crippen LogP contribution in [0.25, 0.3) is 0 Å². The van der Waals surface area contributed by atoms with E-state index < -0.39 is 42.4 Å². The molecule has 2 rings (SSSR count). The minimum absolute atomic E-state index is 0.449. The fourth-order valence-corrected chi connectivity index (χ4v) is 1.87. The van der Waals surface area contributed by atoms with Crippen LogP contribution in [0.2, 0.25) is 0 Å². The highest BCUT2D eigenvalue weighted by Gasteiger charge is 2.45. The lowest BCUT2D eigenvalue weighted by atomic mass is 10.1. The summed E-state index contributed by atoms with van der Waals surface area (Å²) >= 11 is 0. The van der Waals surface area contributed by atoms with Crippen LogP contribution in [-0.2, 0) is 9.57 Å². The quantitative estimate of drug-likeness (QED) is 0.425. The lowest BCUT2D eigenvalue weighted by molar-refractivity contribution is -0.0756. The van der Waals surface area contributed by atoms with E-state index in [0.29, 0.717) is 0 Å². The van der Waals surface area contributed by atoms with E-state index in [9.17, 15) is 14.7 Å². The summed E-state index contributed by atoms with van der Waals surface area (Å²) in [6, 6.07) is 1.12. The maximum Gasteiger partial charge on any atom is 0.330 e. The zero-order valence-electron chi connectivity index (χ0n) is 9.22. The topological polar surface area (TPSA) is 140 Å². The van der Waals surface area contributed by atoms with Crippen LogP contribution in [0.1, 0.15) is 6.23 Å². The third-order valence-corrected chi connectivity index (χ3v) is 2.78. The summed E-state index contributed by atoms with van der Waals surface area (Å²) < 4.78 is 6.29. The van der Waals surface area contributed by atoms with Crippen molar-refractivity contribution in [3.05, 3.63) is 33.1 Å². The van der Waals surface area contributed by atoms with Gasteiger partial charge in [0.05, 0.1) is 6.61 Å². The van der Waals surface area contributed by atoms with Gasteiger partial charge in [0.25, 0.3) is 5.56 Å². The van der Waals surface area contributed by atoms with Crippen molar-refractivity contribution in [2.45, 2.75) is 24.5 Å². The Morgan fingerprint density at radius 1 is 1.56 bits per heavy atom. The predicted molar refractivity (Wildman–Crippen MR) is 57.4 cm³/mol. The highest BCUT2D eigenvalue weighted by molar-refractivity contribution is 4.93. The second-order valence-electron chi connectivity index (χ2n) is 3.86. The van der Waals surface area contributed by atoms with Crippen LogP contribution in [0.5, 0.6) is 0 Å². The second kappa shape index (κ2) is 5.00. The highest BCUT2D eigenvalue weighted by atomic mass is 16.7. The Bertz CT molecular complexity index is 526. The molecule has 5 N–H and O–H groups in total. The van der Waals surface area contributed by atoms with Crippen LogP contribution in [0.4, 0.5) is 0 Å². The van der Waals surface area contributed by atoms with Gasteiger partial charge in [-0.3, -0.25) is 19.2 Å². The van der Waals surface area contributed by atoms with Crippen molar-refractivity contribution in [1.29, 1.82) is 0 Å². The van der Waals surface area contributed by atoms with Crippen molar-refractivity contribution in [2.75, 3.05) is 6.61 Å². The molecule has 0 aliphatic carbocycles. The summed E-state index contributed by atoms with van der Waals surface area (Å²) in [4.78, 5) is 29.1. The van der Waals surface area contributed by atoms with E-state index in [1.54, 1.807) is 0 Å². The van der Waals surface area contributed by atoms with E-state index in [0.717, 1.165) is 10.6 Å². The summed E-state index contributed by atoms with van der Waals surface area (Å²) in [6.07, 6.45) is -2.94. The molecule has 0 unspecified atom stereocenters. The molecule has 0 aromatic carbocycles. The van der Waals surface area contributed by atoms with E-state index in [1.165, 1.54) is 6.20 Å². The maximum absolute atomic E-state index is 11.6. The van der Waals surface area contributed by atoms with Crippen LogP contribution >= 0.6 is 0 Å². The van der Waals surface area contributed by atoms with E-state index >= 15 is 0 Å². The fourth-order valence-electron chi connectivity index (χ4n) is 1.87. The average Bonchev–Trinajstić information content (AvgIpc) is 2.65. The van der Waals surface area contributed by atoms with Crippen molar-refractivity contribution >= 4 is 0 Å². The van der Waals surface area contributed by atoms with Gasteiger partial charge in [-0.1, -0.05) is 0 Å². The van der Waals surface area contributed by atoms with E-state index in [-0.39, 0.29) is 0 Å². The van der Waals surface area contributed by atoms with Gasteiger partial charge in [-0.05, 0) is 0 Å². The summed E-state index contributed by atoms with van der Waals surface area (Å²) in [6.45, 7) is -0.449. The Balaban J connectivity index is 2.38. The SMILES string of the molecule is NO[C@@H]1[C@H](O)[C@@H](CO)O[C@H]1n1ccc(=O)[nH]c1=O. The van der Waals surface area contributed by atoms with Crippen LogP contribution in [0.15, 0.2) is 21.9 Å². The molecule has 0 spiro atoms. The molecule has 1 fully saturated rings. The van der Waals surface area contributed by atoms with Crippen LogP contribution in [0, 0.1) is 0 Å². The molecule has 100 valence electrons. The standard InChI is InChI=1S/C9H13N3O6/c10-18-7-6(15)4(3-13)17-8(7)12-2-1-5(14)11-9(12)16/h1-2,4,6-8,13,15H,3,10H2,(H,11,14,16)/t4-,6-,7-,8-/m1/s1. The van der Waals surface area contributed by atoms with Gasteiger partial charge in [-0.2, -0.15) is 0 Å². The summed E-state index contributed by atoms with van der Waals surface area (Å²) in [5.74, 6) is 5.04. The first-order valence-electron chi connectivity index (χ1n) is 5.20. The summed E-state index contributed by atoms with van der Waals surface area (Å²) in [5.41, 5.74) is -1.28. The largest absolute Gasteiger partial charge is 0.394 e. The van der Waals surface area contributed by atoms with E-state index in [4.69, 9.17) is 15.7 Å². The Labute approximate surface area is 100 Å². The minimum atomic E-state index is -1.18. The molecule has 1 aromatic rings. The van der Waals surface area contributed by atoms with Crippen molar-refractivity contribution < 1.29 is 19.8 Å². The van der Waals surface area contributed by atoms with Gasteiger partial charge in [0, 0.05) is 12.3 Å². The maximum atomic E-state index is 11.6. The number of aliphatic hydroxyl groups excluding tert-OH is 2. The first-order chi connectivity index (χ1) is 8.58. The van der Waals surface area contributed by atoms with Crippen molar-refractivity contribution in [3.8, 4) is 0 Å². The summed E-state index contributed by atoms with van der Waals surface area (Å²) in [7, 11) is 0. The number of hydrogen-bond acceptors (Lipinski definition) is 7. The minimum Gasteiger partial charge on any atom is -0.394 e. The van der Waals surface area contributed by atoms with Crippen LogP contribution in [0.3, 0.4) is 0 Å². The first kappa shape index (κ1) is 12.9. The highest BCUT2D eigenvalue weighted by Crippen LogP contribution is 2.29. The average molecular weight is 259 g/mol. The molecule has 9 heteroatoms. The Morgan fingerprint density at radius 2 is 2.28 bits per heavy atom. The summed E-state index contributed by atoms with van der Waals surface area (Å²) in [5, 5.41) is 18.7. The van der Waals surface area contributed by atoms with Crippen molar-refractivity contribution in [3.63, 3.8) is 0 Å². The second-order valence-corrected chi connectivity index (χ2v) is 3.86. The number of ether oxygens (including phenoxy) is 1. The smallest absolute Gasteiger partial charge is 0.330 e. The number of aliphatic hydroxyl groups is 2. The molecule has 0 amide bonds. The Hall–Kier alpha value is -1.52. The van der Waals surface area contributed by atoms with Gasteiger partial charge in [0.1, 0.15) is 12.2 Å². The third-order valence-electron chi connectivity index (χ3n) is 2.78. The molecule has 0 bridgehead atoms. The Morgan fingerprint density at radius 3 is 2.83 bits per heavy atom. The number of aromatic amines is 1. The van der Waals surface area contributed by atoms with Gasteiger partial charge in [0.15, 0.2) is 12.3 Å². The van der Waals surface area contributed by atoms with Gasteiger partial charge < -0.3 is 14.9 Å². The van der Waals surface area contributed by atoms with Crippen molar-refractivity contribution in [2.24, 2.45) is 5.90 Å². The number of rotatable bonds is 3. The van der Waals surface area contributed by atoms with E-state index in [2.05, 4.69) is 4.84 Å². The first-order valence-corrected chi connectivity index (χ1v) is 5.20. The third kappa shape index (κ3) is 2.09. The monoisotopic (exact) mass is 259 g/mol. The number of nitrogens with one attached hydrogen (secondary N) is 1. The molecule has 0 radical (unpaired) electrons. The molecular weight excluding hydrogens is 246 g/mol. The molecule has 18 heavy (non-hydrogen) atoms. The normalized spacial score (nSPS) is 31.7. The molecule has 1 aliphatic rings. The van der Waals surface area contributed by atoms with Gasteiger partial charge in [-0.15, -0.1) is 0 Å². The lowest BCUT2D eigenvalue weighted by Crippen LogP contribution is -2.40. The number of hydrogen-bond donors (Lipinski definition) is 4. The van der Waals surface area contributed by atoms with Crippen molar-refractivity contribution in [1.82, 2.24) is 9.55 Å². The fraction of sp³-hybridized carbons (Fsp3) is 0.556. The van der Waals surface area contributed by atoms with Crippen LogP contribution in [-0.4, -0.2) is 44.7 Å².